The summed E-state index contributed by atoms with van der Waals surface area (Å²) in [4.78, 5) is 8.90. The zero-order valence-electron chi connectivity index (χ0n) is 16.2. The van der Waals surface area contributed by atoms with Gasteiger partial charge in [0.1, 0.15) is 11.9 Å². The molecule has 27 heavy (non-hydrogen) atoms. The number of nitrogens with zero attached hydrogens (tertiary/aromatic N) is 3. The Bertz CT molecular complexity index is 691. The van der Waals surface area contributed by atoms with Crippen LogP contribution >= 0.6 is 24.0 Å². The number of rotatable bonds is 9. The van der Waals surface area contributed by atoms with Crippen LogP contribution in [0.5, 0.6) is 5.75 Å². The minimum Gasteiger partial charge on any atom is -0.497 e. The summed E-state index contributed by atoms with van der Waals surface area (Å²) >= 11 is 0. The van der Waals surface area contributed by atoms with Crippen LogP contribution in [0.15, 0.2) is 33.8 Å². The molecule has 0 aliphatic rings. The van der Waals surface area contributed by atoms with Gasteiger partial charge in [-0.2, -0.15) is 4.98 Å². The van der Waals surface area contributed by atoms with Gasteiger partial charge in [-0.05, 0) is 38.5 Å². The van der Waals surface area contributed by atoms with Crippen molar-refractivity contribution in [2.45, 2.75) is 40.0 Å². The number of hydrogen-bond donors (Lipinski definition) is 2. The number of guanidine groups is 1. The van der Waals surface area contributed by atoms with Crippen molar-refractivity contribution in [1.82, 2.24) is 20.8 Å². The minimum atomic E-state index is -0.186. The molecule has 150 valence electrons. The third-order valence-electron chi connectivity index (χ3n) is 3.59. The molecule has 1 atom stereocenters. The molecule has 0 radical (unpaired) electrons. The van der Waals surface area contributed by atoms with E-state index in [1.165, 1.54) is 0 Å². The molecule has 0 saturated heterocycles. The molecule has 0 spiro atoms. The Morgan fingerprint density at radius 3 is 2.59 bits per heavy atom. The maximum absolute atomic E-state index is 5.46. The Hall–Kier alpha value is -1.88. The third-order valence-corrected chi connectivity index (χ3v) is 3.59. The van der Waals surface area contributed by atoms with Crippen molar-refractivity contribution in [3.8, 4) is 5.75 Å². The van der Waals surface area contributed by atoms with Crippen molar-refractivity contribution in [3.63, 3.8) is 0 Å². The first-order valence-corrected chi connectivity index (χ1v) is 8.75. The highest BCUT2D eigenvalue weighted by Crippen LogP contribution is 2.13. The molecule has 0 aliphatic carbocycles. The van der Waals surface area contributed by atoms with Crippen LogP contribution in [0.2, 0.25) is 0 Å². The smallest absolute Gasteiger partial charge is 0.246 e. The molecule has 0 aliphatic heterocycles. The average Bonchev–Trinajstić information content (AvgIpc) is 3.14. The van der Waals surface area contributed by atoms with Crippen LogP contribution in [0.3, 0.4) is 0 Å². The van der Waals surface area contributed by atoms with E-state index in [1.54, 1.807) is 7.11 Å². The monoisotopic (exact) mass is 489 g/mol. The first-order chi connectivity index (χ1) is 12.7. The first kappa shape index (κ1) is 23.2. The lowest BCUT2D eigenvalue weighted by Gasteiger charge is -2.09. The standard InChI is InChI=1S/C18H27N5O3.HI/c1-5-19-18(20-11-14-7-9-15(24-4)10-8-14)21-12-16-22-17(23-26-16)13(3)25-6-2;/h7-10,13H,5-6,11-12H2,1-4H3,(H2,19,20,21);1H. The van der Waals surface area contributed by atoms with Gasteiger partial charge in [0.25, 0.3) is 0 Å². The Morgan fingerprint density at radius 2 is 1.96 bits per heavy atom. The second kappa shape index (κ2) is 12.5. The van der Waals surface area contributed by atoms with Crippen LogP contribution in [0.25, 0.3) is 0 Å². The molecule has 1 unspecified atom stereocenters. The average molecular weight is 489 g/mol. The molecule has 1 aromatic carbocycles. The van der Waals surface area contributed by atoms with E-state index in [2.05, 4.69) is 25.8 Å². The number of aliphatic imine (C=N–C) groups is 1. The summed E-state index contributed by atoms with van der Waals surface area (Å²) in [5, 5.41) is 10.3. The highest BCUT2D eigenvalue weighted by atomic mass is 127. The largest absolute Gasteiger partial charge is 0.497 e. The van der Waals surface area contributed by atoms with Gasteiger partial charge in [-0.3, -0.25) is 0 Å². The maximum Gasteiger partial charge on any atom is 0.246 e. The predicted octanol–water partition coefficient (Wildman–Crippen LogP) is 3.05. The van der Waals surface area contributed by atoms with Crippen LogP contribution < -0.4 is 15.4 Å². The molecule has 8 nitrogen and oxygen atoms in total. The Balaban J connectivity index is 0.00000364. The molecule has 1 aromatic heterocycles. The number of hydrogen-bond acceptors (Lipinski definition) is 6. The Morgan fingerprint density at radius 1 is 1.22 bits per heavy atom. The van der Waals surface area contributed by atoms with E-state index in [9.17, 15) is 0 Å². The lowest BCUT2D eigenvalue weighted by molar-refractivity contribution is 0.0683. The van der Waals surface area contributed by atoms with Crippen molar-refractivity contribution in [2.75, 3.05) is 20.3 Å². The molecule has 1 heterocycles. The van der Waals surface area contributed by atoms with Gasteiger partial charge in [-0.15, -0.1) is 24.0 Å². The van der Waals surface area contributed by atoms with Crippen molar-refractivity contribution >= 4 is 29.9 Å². The molecule has 2 N–H and O–H groups in total. The second-order valence-electron chi connectivity index (χ2n) is 5.54. The molecule has 0 saturated carbocycles. The van der Waals surface area contributed by atoms with Gasteiger partial charge in [0, 0.05) is 13.2 Å². The highest BCUT2D eigenvalue weighted by molar-refractivity contribution is 14.0. The van der Waals surface area contributed by atoms with E-state index in [0.29, 0.717) is 37.4 Å². The van der Waals surface area contributed by atoms with Gasteiger partial charge < -0.3 is 24.6 Å². The number of benzene rings is 1. The summed E-state index contributed by atoms with van der Waals surface area (Å²) in [6.45, 7) is 8.14. The van der Waals surface area contributed by atoms with E-state index in [1.807, 2.05) is 45.0 Å². The molecular formula is C18H28IN5O3. The van der Waals surface area contributed by atoms with Crippen LogP contribution in [-0.2, 0) is 17.8 Å². The molecule has 2 aromatic rings. The van der Waals surface area contributed by atoms with Gasteiger partial charge in [0.2, 0.25) is 5.89 Å². The molecule has 2 rings (SSSR count). The predicted molar refractivity (Wildman–Crippen MR) is 114 cm³/mol. The molecule has 0 amide bonds. The number of halogens is 1. The van der Waals surface area contributed by atoms with Crippen molar-refractivity contribution in [1.29, 1.82) is 0 Å². The van der Waals surface area contributed by atoms with Crippen LogP contribution in [-0.4, -0.2) is 36.4 Å². The fourth-order valence-electron chi connectivity index (χ4n) is 2.23. The minimum absolute atomic E-state index is 0. The van der Waals surface area contributed by atoms with Crippen molar-refractivity contribution < 1.29 is 14.0 Å². The second-order valence-corrected chi connectivity index (χ2v) is 5.54. The quantitative estimate of drug-likeness (QED) is 0.318. The molecule has 0 bridgehead atoms. The van der Waals surface area contributed by atoms with Crippen molar-refractivity contribution in [3.05, 3.63) is 41.5 Å². The zero-order chi connectivity index (χ0) is 18.8. The van der Waals surface area contributed by atoms with E-state index < -0.39 is 0 Å². The topological polar surface area (TPSA) is 93.8 Å². The maximum atomic E-state index is 5.46. The number of methoxy groups -OCH3 is 1. The lowest BCUT2D eigenvalue weighted by Crippen LogP contribution is -2.36. The summed E-state index contributed by atoms with van der Waals surface area (Å²) in [5.41, 5.74) is 1.09. The normalized spacial score (nSPS) is 12.2. The lowest BCUT2D eigenvalue weighted by atomic mass is 10.2. The summed E-state index contributed by atoms with van der Waals surface area (Å²) < 4.78 is 15.9. The molecule has 9 heteroatoms. The number of ether oxygens (including phenoxy) is 2. The SMILES string of the molecule is CCNC(=NCc1ccc(OC)cc1)NCc1nc(C(C)OCC)no1.I. The summed E-state index contributed by atoms with van der Waals surface area (Å²) in [6, 6.07) is 7.83. The van der Waals surface area contributed by atoms with Crippen LogP contribution in [0.4, 0.5) is 0 Å². The zero-order valence-corrected chi connectivity index (χ0v) is 18.5. The van der Waals surface area contributed by atoms with Gasteiger partial charge in [0.05, 0.1) is 20.2 Å². The fraction of sp³-hybridized carbons (Fsp3) is 0.500. The fourth-order valence-corrected chi connectivity index (χ4v) is 2.23. The van der Waals surface area contributed by atoms with Crippen LogP contribution in [0.1, 0.15) is 44.2 Å². The summed E-state index contributed by atoms with van der Waals surface area (Å²) in [7, 11) is 1.65. The van der Waals surface area contributed by atoms with Gasteiger partial charge >= 0.3 is 0 Å². The van der Waals surface area contributed by atoms with E-state index in [0.717, 1.165) is 17.9 Å². The number of nitrogens with one attached hydrogen (secondary N) is 2. The Kier molecular flexibility index (Phi) is 10.7. The van der Waals surface area contributed by atoms with Gasteiger partial charge in [-0.1, -0.05) is 17.3 Å². The van der Waals surface area contributed by atoms with Gasteiger partial charge in [-0.25, -0.2) is 4.99 Å². The number of aromatic nitrogens is 2. The van der Waals surface area contributed by atoms with Crippen molar-refractivity contribution in [2.24, 2.45) is 4.99 Å². The Labute approximate surface area is 177 Å². The summed E-state index contributed by atoms with van der Waals surface area (Å²) in [6.07, 6.45) is -0.186. The van der Waals surface area contributed by atoms with E-state index >= 15 is 0 Å². The molecule has 0 fully saturated rings. The van der Waals surface area contributed by atoms with Gasteiger partial charge in [0.15, 0.2) is 11.8 Å². The first-order valence-electron chi connectivity index (χ1n) is 8.75. The van der Waals surface area contributed by atoms with E-state index in [4.69, 9.17) is 14.0 Å². The van der Waals surface area contributed by atoms with Crippen LogP contribution in [0, 0.1) is 0 Å². The third kappa shape index (κ3) is 7.71. The van der Waals surface area contributed by atoms with E-state index in [-0.39, 0.29) is 30.1 Å². The highest BCUT2D eigenvalue weighted by Gasteiger charge is 2.13. The summed E-state index contributed by atoms with van der Waals surface area (Å²) in [5.74, 6) is 2.54. The molecular weight excluding hydrogens is 461 g/mol.